The Labute approximate surface area is 140 Å². The maximum Gasteiger partial charge on any atom is 0.0231 e. The Morgan fingerprint density at radius 2 is 1.90 bits per heavy atom. The highest BCUT2D eigenvalue weighted by Gasteiger charge is 2.05. The van der Waals surface area contributed by atoms with Crippen molar-refractivity contribution in [1.82, 2.24) is 5.32 Å². The first-order valence-corrected chi connectivity index (χ1v) is 8.95. The zero-order valence-electron chi connectivity index (χ0n) is 12.9. The molecular formula is C18H22BrNS. The summed E-state index contributed by atoms with van der Waals surface area (Å²) in [7, 11) is 0. The van der Waals surface area contributed by atoms with Crippen LogP contribution in [0.2, 0.25) is 0 Å². The van der Waals surface area contributed by atoms with Gasteiger partial charge in [-0.05, 0) is 61.7 Å². The van der Waals surface area contributed by atoms with Gasteiger partial charge in [-0.3, -0.25) is 0 Å². The molecule has 0 spiro atoms. The van der Waals surface area contributed by atoms with Crippen molar-refractivity contribution < 1.29 is 0 Å². The molecule has 0 aliphatic rings. The number of aryl methyl sites for hydroxylation is 2. The number of benzene rings is 2. The van der Waals surface area contributed by atoms with Gasteiger partial charge in [-0.1, -0.05) is 52.8 Å². The summed E-state index contributed by atoms with van der Waals surface area (Å²) in [4.78, 5) is 2.61. The fraction of sp³-hybridized carbons (Fsp3) is 0.333. The van der Waals surface area contributed by atoms with Crippen LogP contribution in [0.15, 0.2) is 50.7 Å². The molecule has 1 nitrogen and oxygen atoms in total. The molecule has 0 saturated carbocycles. The van der Waals surface area contributed by atoms with Crippen LogP contribution in [0.4, 0.5) is 0 Å². The summed E-state index contributed by atoms with van der Waals surface area (Å²) >= 11 is 5.52. The number of hydrogen-bond donors (Lipinski definition) is 1. The minimum absolute atomic E-state index is 0.919. The Hall–Kier alpha value is -0.770. The van der Waals surface area contributed by atoms with E-state index in [0.717, 1.165) is 19.5 Å². The third-order valence-electron chi connectivity index (χ3n) is 3.34. The lowest BCUT2D eigenvalue weighted by atomic mass is 10.2. The third kappa shape index (κ3) is 4.87. The lowest BCUT2D eigenvalue weighted by Crippen LogP contribution is -2.14. The molecule has 2 rings (SSSR count). The molecule has 1 N–H and O–H groups in total. The van der Waals surface area contributed by atoms with Crippen LogP contribution in [0, 0.1) is 13.8 Å². The Morgan fingerprint density at radius 1 is 1.10 bits per heavy atom. The largest absolute Gasteiger partial charge is 0.313 e. The van der Waals surface area contributed by atoms with Crippen molar-refractivity contribution in [3.05, 3.63) is 57.6 Å². The highest BCUT2D eigenvalue weighted by molar-refractivity contribution is 9.10. The second kappa shape index (κ2) is 8.02. The lowest BCUT2D eigenvalue weighted by Gasteiger charge is -2.10. The quantitative estimate of drug-likeness (QED) is 0.658. The van der Waals surface area contributed by atoms with Crippen LogP contribution in [0.3, 0.4) is 0 Å². The van der Waals surface area contributed by atoms with Crippen LogP contribution in [-0.2, 0) is 6.54 Å². The van der Waals surface area contributed by atoms with Crippen molar-refractivity contribution >= 4 is 27.7 Å². The van der Waals surface area contributed by atoms with Crippen LogP contribution in [0.1, 0.15) is 30.0 Å². The normalized spacial score (nSPS) is 10.9. The predicted molar refractivity (Wildman–Crippen MR) is 96.2 cm³/mol. The molecule has 0 atom stereocenters. The molecule has 0 fully saturated rings. The van der Waals surface area contributed by atoms with E-state index in [-0.39, 0.29) is 0 Å². The first-order valence-electron chi connectivity index (χ1n) is 7.34. The summed E-state index contributed by atoms with van der Waals surface area (Å²) in [5, 5.41) is 3.44. The fourth-order valence-electron chi connectivity index (χ4n) is 2.08. The molecule has 0 heterocycles. The van der Waals surface area contributed by atoms with Crippen LogP contribution >= 0.6 is 27.7 Å². The Balaban J connectivity index is 2.11. The van der Waals surface area contributed by atoms with E-state index in [0.29, 0.717) is 0 Å². The van der Waals surface area contributed by atoms with Crippen molar-refractivity contribution in [3.63, 3.8) is 0 Å². The molecule has 0 bridgehead atoms. The van der Waals surface area contributed by atoms with Gasteiger partial charge in [0.05, 0.1) is 0 Å². The molecule has 0 aliphatic heterocycles. The van der Waals surface area contributed by atoms with Crippen molar-refractivity contribution in [2.45, 2.75) is 43.5 Å². The van der Waals surface area contributed by atoms with E-state index >= 15 is 0 Å². The molecule has 0 aromatic heterocycles. The highest BCUT2D eigenvalue weighted by Crippen LogP contribution is 2.33. The molecule has 112 valence electrons. The molecule has 2 aromatic carbocycles. The Bertz CT molecular complexity index is 610. The average Bonchev–Trinajstić information content (AvgIpc) is 2.45. The monoisotopic (exact) mass is 363 g/mol. The summed E-state index contributed by atoms with van der Waals surface area (Å²) in [5.41, 5.74) is 3.95. The summed E-state index contributed by atoms with van der Waals surface area (Å²) in [6.45, 7) is 8.47. The van der Waals surface area contributed by atoms with Gasteiger partial charge in [0.2, 0.25) is 0 Å². The topological polar surface area (TPSA) is 12.0 Å². The van der Waals surface area contributed by atoms with Crippen LogP contribution in [0.5, 0.6) is 0 Å². The van der Waals surface area contributed by atoms with Gasteiger partial charge in [-0.15, -0.1) is 0 Å². The van der Waals surface area contributed by atoms with E-state index in [1.54, 1.807) is 0 Å². The minimum Gasteiger partial charge on any atom is -0.313 e. The molecule has 0 saturated heterocycles. The van der Waals surface area contributed by atoms with Crippen LogP contribution in [0.25, 0.3) is 0 Å². The van der Waals surface area contributed by atoms with Crippen molar-refractivity contribution in [1.29, 1.82) is 0 Å². The summed E-state index contributed by atoms with van der Waals surface area (Å²) in [5.74, 6) is 0. The third-order valence-corrected chi connectivity index (χ3v) is 5.23. The van der Waals surface area contributed by atoms with Gasteiger partial charge in [0.15, 0.2) is 0 Å². The molecule has 3 heteroatoms. The van der Waals surface area contributed by atoms with Crippen molar-refractivity contribution in [3.8, 4) is 0 Å². The van der Waals surface area contributed by atoms with E-state index in [2.05, 4.69) is 78.4 Å². The van der Waals surface area contributed by atoms with Crippen molar-refractivity contribution in [2.24, 2.45) is 0 Å². The number of halogens is 1. The predicted octanol–water partition coefficient (Wildman–Crippen LogP) is 5.72. The Morgan fingerprint density at radius 3 is 2.62 bits per heavy atom. The maximum atomic E-state index is 3.69. The van der Waals surface area contributed by atoms with Gasteiger partial charge in [-0.25, -0.2) is 0 Å². The second-order valence-electron chi connectivity index (χ2n) is 5.30. The van der Waals surface area contributed by atoms with Gasteiger partial charge < -0.3 is 5.32 Å². The molecular weight excluding hydrogens is 342 g/mol. The number of nitrogens with one attached hydrogen (secondary N) is 1. The highest BCUT2D eigenvalue weighted by atomic mass is 79.9. The molecule has 0 amide bonds. The molecule has 0 aliphatic carbocycles. The van der Waals surface area contributed by atoms with Crippen molar-refractivity contribution in [2.75, 3.05) is 6.54 Å². The maximum absolute atomic E-state index is 3.69. The fourth-order valence-corrected chi connectivity index (χ4v) is 3.79. The smallest absolute Gasteiger partial charge is 0.0231 e. The lowest BCUT2D eigenvalue weighted by molar-refractivity contribution is 0.673. The first-order chi connectivity index (χ1) is 10.1. The SMILES string of the molecule is CCCNCc1ccc(Sc2cc(C)ccc2C)cc1Br. The molecule has 21 heavy (non-hydrogen) atoms. The molecule has 2 aromatic rings. The summed E-state index contributed by atoms with van der Waals surface area (Å²) in [6.07, 6.45) is 1.16. The van der Waals surface area contributed by atoms with E-state index < -0.39 is 0 Å². The summed E-state index contributed by atoms with van der Waals surface area (Å²) in [6, 6.07) is 13.2. The van der Waals surface area contributed by atoms with Crippen LogP contribution < -0.4 is 5.32 Å². The minimum atomic E-state index is 0.919. The average molecular weight is 364 g/mol. The number of hydrogen-bond acceptors (Lipinski definition) is 2. The first kappa shape index (κ1) is 16.6. The van der Waals surface area contributed by atoms with E-state index in [9.17, 15) is 0 Å². The van der Waals surface area contributed by atoms with Gasteiger partial charge in [0, 0.05) is 20.8 Å². The summed E-state index contributed by atoms with van der Waals surface area (Å²) < 4.78 is 1.18. The Kier molecular flexibility index (Phi) is 6.34. The zero-order valence-corrected chi connectivity index (χ0v) is 15.3. The van der Waals surface area contributed by atoms with Gasteiger partial charge in [0.1, 0.15) is 0 Å². The number of rotatable bonds is 6. The second-order valence-corrected chi connectivity index (χ2v) is 7.27. The van der Waals surface area contributed by atoms with E-state index in [1.807, 2.05) is 11.8 Å². The molecule has 0 unspecified atom stereocenters. The van der Waals surface area contributed by atoms with E-state index in [4.69, 9.17) is 0 Å². The molecule has 0 radical (unpaired) electrons. The van der Waals surface area contributed by atoms with Gasteiger partial charge in [0.25, 0.3) is 0 Å². The van der Waals surface area contributed by atoms with E-state index in [1.165, 1.54) is 31.0 Å². The zero-order chi connectivity index (χ0) is 15.2. The standard InChI is InChI=1S/C18H22BrNS/c1-4-9-20-12-15-7-8-16(11-17(15)19)21-18-10-13(2)5-6-14(18)3/h5-8,10-11,20H,4,9,12H2,1-3H3. The van der Waals surface area contributed by atoms with Crippen LogP contribution in [-0.4, -0.2) is 6.54 Å². The van der Waals surface area contributed by atoms with Gasteiger partial charge >= 0.3 is 0 Å². The van der Waals surface area contributed by atoms with Gasteiger partial charge in [-0.2, -0.15) is 0 Å².